The van der Waals surface area contributed by atoms with Crippen LogP contribution < -0.4 is 20.3 Å². The molecule has 0 bridgehead atoms. The average molecular weight is 430 g/mol. The highest BCUT2D eigenvalue weighted by Crippen LogP contribution is 2.27. The number of benzene rings is 1. The lowest BCUT2D eigenvalue weighted by Gasteiger charge is -2.29. The molecule has 0 spiro atoms. The second-order valence-electron chi connectivity index (χ2n) is 8.82. The Morgan fingerprint density at radius 3 is 2.45 bits per heavy atom. The van der Waals surface area contributed by atoms with Crippen LogP contribution in [0.2, 0.25) is 0 Å². The maximum atomic E-state index is 13.0. The van der Waals surface area contributed by atoms with E-state index in [1.54, 1.807) is 24.1 Å². The molecular formula is C24H35N3O4. The van der Waals surface area contributed by atoms with E-state index in [1.165, 1.54) is 6.42 Å². The van der Waals surface area contributed by atoms with E-state index >= 15 is 0 Å². The molecule has 3 rings (SSSR count). The molecule has 170 valence electrons. The van der Waals surface area contributed by atoms with E-state index in [1.807, 2.05) is 26.0 Å². The Labute approximate surface area is 184 Å². The van der Waals surface area contributed by atoms with Gasteiger partial charge in [0.1, 0.15) is 11.8 Å². The van der Waals surface area contributed by atoms with Crippen molar-refractivity contribution >= 4 is 23.4 Å². The van der Waals surface area contributed by atoms with Crippen molar-refractivity contribution < 1.29 is 19.1 Å². The number of anilines is 1. The molecular weight excluding hydrogens is 394 g/mol. The second kappa shape index (κ2) is 10.6. The van der Waals surface area contributed by atoms with Crippen LogP contribution in [-0.2, 0) is 14.4 Å². The number of hydrogen-bond donors (Lipinski definition) is 2. The minimum atomic E-state index is -0.579. The normalized spacial score (nSPS) is 21.5. The van der Waals surface area contributed by atoms with Gasteiger partial charge in [0, 0.05) is 24.7 Å². The number of ether oxygens (including phenoxy) is 1. The molecule has 3 unspecified atom stereocenters. The van der Waals surface area contributed by atoms with E-state index in [4.69, 9.17) is 4.74 Å². The van der Waals surface area contributed by atoms with Crippen molar-refractivity contribution in [2.24, 2.45) is 11.8 Å². The fraction of sp³-hybridized carbons (Fsp3) is 0.625. The van der Waals surface area contributed by atoms with Gasteiger partial charge in [0.05, 0.1) is 13.0 Å². The monoisotopic (exact) mass is 429 g/mol. The number of carbonyl (C=O) groups excluding carboxylic acids is 3. The van der Waals surface area contributed by atoms with Gasteiger partial charge in [-0.1, -0.05) is 39.5 Å². The zero-order valence-corrected chi connectivity index (χ0v) is 18.9. The summed E-state index contributed by atoms with van der Waals surface area (Å²) in [6, 6.07) is 6.84. The summed E-state index contributed by atoms with van der Waals surface area (Å²) in [6.07, 6.45) is 6.42. The van der Waals surface area contributed by atoms with Crippen LogP contribution in [-0.4, -0.2) is 43.5 Å². The summed E-state index contributed by atoms with van der Waals surface area (Å²) >= 11 is 0. The van der Waals surface area contributed by atoms with Crippen LogP contribution in [0.1, 0.15) is 58.8 Å². The molecule has 7 heteroatoms. The first kappa shape index (κ1) is 23.1. The molecule has 7 nitrogen and oxygen atoms in total. The molecule has 1 saturated carbocycles. The Balaban J connectivity index is 1.62. The van der Waals surface area contributed by atoms with E-state index in [2.05, 4.69) is 10.6 Å². The first-order valence-electron chi connectivity index (χ1n) is 11.5. The highest BCUT2D eigenvalue weighted by molar-refractivity contribution is 6.01. The second-order valence-corrected chi connectivity index (χ2v) is 8.82. The molecule has 3 atom stereocenters. The molecule has 0 aromatic heterocycles. The minimum Gasteiger partial charge on any atom is -0.497 e. The predicted octanol–water partition coefficient (Wildman–Crippen LogP) is 3.03. The third-order valence-electron chi connectivity index (χ3n) is 6.62. The van der Waals surface area contributed by atoms with Gasteiger partial charge in [-0.15, -0.1) is 0 Å². The van der Waals surface area contributed by atoms with Crippen molar-refractivity contribution in [2.45, 2.75) is 70.9 Å². The average Bonchev–Trinajstić information content (AvgIpc) is 3.19. The number of methoxy groups -OCH3 is 1. The van der Waals surface area contributed by atoms with E-state index in [-0.39, 0.29) is 36.1 Å². The van der Waals surface area contributed by atoms with Crippen molar-refractivity contribution in [1.29, 1.82) is 0 Å². The van der Waals surface area contributed by atoms with Crippen LogP contribution in [0.4, 0.5) is 5.69 Å². The zero-order chi connectivity index (χ0) is 22.4. The van der Waals surface area contributed by atoms with Gasteiger partial charge < -0.3 is 20.3 Å². The molecule has 1 aromatic rings. The van der Waals surface area contributed by atoms with E-state index in [0.29, 0.717) is 12.3 Å². The van der Waals surface area contributed by atoms with Crippen molar-refractivity contribution in [3.63, 3.8) is 0 Å². The van der Waals surface area contributed by atoms with Gasteiger partial charge >= 0.3 is 0 Å². The lowest BCUT2D eigenvalue weighted by Crippen LogP contribution is -2.54. The number of rotatable bonds is 8. The zero-order valence-electron chi connectivity index (χ0n) is 18.9. The van der Waals surface area contributed by atoms with Crippen LogP contribution in [0.25, 0.3) is 0 Å². The van der Waals surface area contributed by atoms with Crippen LogP contribution in [0, 0.1) is 11.8 Å². The summed E-state index contributed by atoms with van der Waals surface area (Å²) in [5, 5.41) is 6.10. The van der Waals surface area contributed by atoms with Crippen LogP contribution >= 0.6 is 0 Å². The standard InChI is InChI=1S/C24H35N3O4/c1-4-16(2)22(24(30)25-18-8-6-5-7-9-18)26-23(29)17-14-21(28)27(15-17)19-10-12-20(31-3)13-11-19/h10-13,16-18,22H,4-9,14-15H2,1-3H3,(H,25,30)(H,26,29). The maximum Gasteiger partial charge on any atom is 0.243 e. The van der Waals surface area contributed by atoms with Gasteiger partial charge in [-0.3, -0.25) is 14.4 Å². The lowest BCUT2D eigenvalue weighted by molar-refractivity contribution is -0.132. The van der Waals surface area contributed by atoms with E-state index in [0.717, 1.165) is 37.8 Å². The first-order chi connectivity index (χ1) is 14.9. The summed E-state index contributed by atoms with van der Waals surface area (Å²) in [4.78, 5) is 40.1. The smallest absolute Gasteiger partial charge is 0.243 e. The van der Waals surface area contributed by atoms with Crippen molar-refractivity contribution in [1.82, 2.24) is 10.6 Å². The largest absolute Gasteiger partial charge is 0.497 e. The van der Waals surface area contributed by atoms with Crippen molar-refractivity contribution in [3.05, 3.63) is 24.3 Å². The fourth-order valence-corrected chi connectivity index (χ4v) is 4.41. The predicted molar refractivity (Wildman–Crippen MR) is 120 cm³/mol. The van der Waals surface area contributed by atoms with Gasteiger partial charge in [-0.25, -0.2) is 0 Å². The third kappa shape index (κ3) is 5.77. The highest BCUT2D eigenvalue weighted by Gasteiger charge is 2.37. The van der Waals surface area contributed by atoms with E-state index in [9.17, 15) is 14.4 Å². The molecule has 1 aliphatic carbocycles. The molecule has 1 saturated heterocycles. The fourth-order valence-electron chi connectivity index (χ4n) is 4.41. The Hall–Kier alpha value is -2.57. The first-order valence-corrected chi connectivity index (χ1v) is 11.5. The summed E-state index contributed by atoms with van der Waals surface area (Å²) in [6.45, 7) is 4.31. The van der Waals surface area contributed by atoms with Gasteiger partial charge in [0.15, 0.2) is 0 Å². The Bertz CT molecular complexity index is 774. The molecule has 1 heterocycles. The number of carbonyl (C=O) groups is 3. The molecule has 1 aromatic carbocycles. The third-order valence-corrected chi connectivity index (χ3v) is 6.62. The van der Waals surface area contributed by atoms with Crippen molar-refractivity contribution in [2.75, 3.05) is 18.6 Å². The van der Waals surface area contributed by atoms with Gasteiger partial charge in [0.25, 0.3) is 0 Å². The number of amides is 3. The summed E-state index contributed by atoms with van der Waals surface area (Å²) in [5.74, 6) is -0.160. The molecule has 31 heavy (non-hydrogen) atoms. The Morgan fingerprint density at radius 2 is 1.84 bits per heavy atom. The number of nitrogens with zero attached hydrogens (tertiary/aromatic N) is 1. The summed E-state index contributed by atoms with van der Waals surface area (Å²) in [5.41, 5.74) is 0.745. The maximum absolute atomic E-state index is 13.0. The van der Waals surface area contributed by atoms with Crippen molar-refractivity contribution in [3.8, 4) is 5.75 Å². The molecule has 2 aliphatic rings. The van der Waals surface area contributed by atoms with Gasteiger partial charge in [0.2, 0.25) is 17.7 Å². The van der Waals surface area contributed by atoms with E-state index < -0.39 is 12.0 Å². The molecule has 2 fully saturated rings. The Morgan fingerprint density at radius 1 is 1.16 bits per heavy atom. The van der Waals surface area contributed by atoms with Crippen LogP contribution in [0.15, 0.2) is 24.3 Å². The lowest BCUT2D eigenvalue weighted by atomic mass is 9.93. The molecule has 3 amide bonds. The minimum absolute atomic E-state index is 0.0161. The number of nitrogens with one attached hydrogen (secondary N) is 2. The molecule has 0 radical (unpaired) electrons. The molecule has 1 aliphatic heterocycles. The van der Waals surface area contributed by atoms with Gasteiger partial charge in [-0.2, -0.15) is 0 Å². The Kier molecular flexibility index (Phi) is 7.93. The highest BCUT2D eigenvalue weighted by atomic mass is 16.5. The summed E-state index contributed by atoms with van der Waals surface area (Å²) < 4.78 is 5.17. The summed E-state index contributed by atoms with van der Waals surface area (Å²) in [7, 11) is 1.59. The quantitative estimate of drug-likeness (QED) is 0.665. The SMILES string of the molecule is CCC(C)C(NC(=O)C1CC(=O)N(c2ccc(OC)cc2)C1)C(=O)NC1CCCCC1. The van der Waals surface area contributed by atoms with Crippen LogP contribution in [0.3, 0.4) is 0 Å². The number of hydrogen-bond acceptors (Lipinski definition) is 4. The topological polar surface area (TPSA) is 87.7 Å². The van der Waals surface area contributed by atoms with Crippen LogP contribution in [0.5, 0.6) is 5.75 Å². The molecule has 2 N–H and O–H groups in total. The van der Waals surface area contributed by atoms with Gasteiger partial charge in [-0.05, 0) is 43.0 Å².